The summed E-state index contributed by atoms with van der Waals surface area (Å²) in [5.41, 5.74) is 0.884. The zero-order valence-electron chi connectivity index (χ0n) is 11.4. The molecule has 0 bridgehead atoms. The molecule has 0 aliphatic carbocycles. The summed E-state index contributed by atoms with van der Waals surface area (Å²) >= 11 is 9.51. The quantitative estimate of drug-likeness (QED) is 0.828. The van der Waals surface area contributed by atoms with Crippen LogP contribution in [-0.4, -0.2) is 40.4 Å². The fourth-order valence-electron chi connectivity index (χ4n) is 2.24. The molecule has 0 saturated carbocycles. The van der Waals surface area contributed by atoms with E-state index in [0.29, 0.717) is 9.90 Å². The van der Waals surface area contributed by atoms with E-state index in [4.69, 9.17) is 11.6 Å². The van der Waals surface area contributed by atoms with Crippen molar-refractivity contribution < 1.29 is 4.79 Å². The molecule has 2 aromatic rings. The van der Waals surface area contributed by atoms with Crippen molar-refractivity contribution in [1.29, 1.82) is 0 Å². The van der Waals surface area contributed by atoms with Crippen molar-refractivity contribution in [3.8, 4) is 10.6 Å². The van der Waals surface area contributed by atoms with Gasteiger partial charge in [-0.2, -0.15) is 11.8 Å². The Labute approximate surface area is 137 Å². The Morgan fingerprint density at radius 3 is 2.95 bits per heavy atom. The number of benzene rings is 1. The smallest absolute Gasteiger partial charge is 0.265 e. The average Bonchev–Trinajstić information content (AvgIpc) is 2.82. The van der Waals surface area contributed by atoms with Crippen molar-refractivity contribution in [1.82, 2.24) is 9.88 Å². The Morgan fingerprint density at radius 1 is 1.24 bits per heavy atom. The van der Waals surface area contributed by atoms with E-state index < -0.39 is 0 Å². The van der Waals surface area contributed by atoms with Gasteiger partial charge in [-0.15, -0.1) is 11.3 Å². The minimum Gasteiger partial charge on any atom is -0.337 e. The summed E-state index contributed by atoms with van der Waals surface area (Å²) in [4.78, 5) is 19.5. The minimum absolute atomic E-state index is 0.0910. The molecule has 1 aliphatic heterocycles. The molecule has 1 aromatic carbocycles. The number of hydrogen-bond acceptors (Lipinski definition) is 4. The van der Waals surface area contributed by atoms with Crippen LogP contribution in [0, 0.1) is 0 Å². The van der Waals surface area contributed by atoms with Crippen LogP contribution in [0.5, 0.6) is 0 Å². The molecule has 1 amide bonds. The lowest BCUT2D eigenvalue weighted by molar-refractivity contribution is 0.0773. The number of halogens is 1. The predicted molar refractivity (Wildman–Crippen MR) is 90.4 cm³/mol. The van der Waals surface area contributed by atoms with Crippen LogP contribution in [-0.2, 0) is 0 Å². The fourth-order valence-corrected chi connectivity index (χ4v) is 4.33. The largest absolute Gasteiger partial charge is 0.337 e. The number of thiazole rings is 1. The minimum atomic E-state index is 0.0910. The highest BCUT2D eigenvalue weighted by molar-refractivity contribution is 7.99. The van der Waals surface area contributed by atoms with Crippen LogP contribution in [0.1, 0.15) is 16.1 Å². The molecule has 0 atom stereocenters. The Balaban J connectivity index is 1.81. The van der Waals surface area contributed by atoms with Crippen molar-refractivity contribution in [2.45, 2.75) is 6.42 Å². The second kappa shape index (κ2) is 6.81. The molecule has 1 fully saturated rings. The lowest BCUT2D eigenvalue weighted by atomic mass is 10.2. The molecule has 1 aromatic heterocycles. The second-order valence-corrected chi connectivity index (χ2v) is 7.43. The highest BCUT2D eigenvalue weighted by atomic mass is 35.5. The summed E-state index contributed by atoms with van der Waals surface area (Å²) in [6.45, 7) is 1.66. The zero-order chi connectivity index (χ0) is 14.7. The highest BCUT2D eigenvalue weighted by Crippen LogP contribution is 2.31. The Morgan fingerprint density at radius 2 is 2.10 bits per heavy atom. The molecular weight excluding hydrogens is 324 g/mol. The van der Waals surface area contributed by atoms with E-state index in [9.17, 15) is 4.79 Å². The first kappa shape index (κ1) is 14.9. The molecule has 6 heteroatoms. The van der Waals surface area contributed by atoms with Crippen LogP contribution in [0.2, 0.25) is 5.02 Å². The second-order valence-electron chi connectivity index (χ2n) is 4.77. The number of nitrogens with zero attached hydrogens (tertiary/aromatic N) is 2. The van der Waals surface area contributed by atoms with Crippen molar-refractivity contribution in [2.24, 2.45) is 0 Å². The standard InChI is InChI=1S/C15H15ClN2OS2/c16-12-5-2-1-4-11(12)14-17-10-13(21-14)15(19)18-6-3-8-20-9-7-18/h1-2,4-5,10H,3,6-9H2. The van der Waals surface area contributed by atoms with E-state index in [1.165, 1.54) is 11.3 Å². The van der Waals surface area contributed by atoms with Gasteiger partial charge in [-0.05, 0) is 18.2 Å². The third-order valence-corrected chi connectivity index (χ3v) is 5.73. The molecule has 21 heavy (non-hydrogen) atoms. The van der Waals surface area contributed by atoms with E-state index >= 15 is 0 Å². The Hall–Kier alpha value is -1.04. The highest BCUT2D eigenvalue weighted by Gasteiger charge is 2.20. The molecule has 110 valence electrons. The van der Waals surface area contributed by atoms with Gasteiger partial charge in [0.05, 0.1) is 11.2 Å². The summed E-state index contributed by atoms with van der Waals surface area (Å²) < 4.78 is 0. The van der Waals surface area contributed by atoms with Crippen LogP contribution in [0.25, 0.3) is 10.6 Å². The van der Waals surface area contributed by atoms with Gasteiger partial charge < -0.3 is 4.90 Å². The van der Waals surface area contributed by atoms with Crippen LogP contribution in [0.15, 0.2) is 30.5 Å². The van der Waals surface area contributed by atoms with Gasteiger partial charge in [0.15, 0.2) is 0 Å². The first-order valence-electron chi connectivity index (χ1n) is 6.83. The third-order valence-electron chi connectivity index (χ3n) is 3.33. The number of rotatable bonds is 2. The Bertz CT molecular complexity index is 636. The van der Waals surface area contributed by atoms with Gasteiger partial charge in [0, 0.05) is 24.4 Å². The van der Waals surface area contributed by atoms with Gasteiger partial charge in [0.1, 0.15) is 9.88 Å². The number of aromatic nitrogens is 1. The summed E-state index contributed by atoms with van der Waals surface area (Å²) in [6.07, 6.45) is 2.73. The molecule has 0 radical (unpaired) electrons. The molecule has 2 heterocycles. The van der Waals surface area contributed by atoms with E-state index in [1.807, 2.05) is 40.9 Å². The molecular formula is C15H15ClN2OS2. The van der Waals surface area contributed by atoms with Crippen molar-refractivity contribution in [3.63, 3.8) is 0 Å². The van der Waals surface area contributed by atoms with Gasteiger partial charge >= 0.3 is 0 Å². The maximum Gasteiger partial charge on any atom is 0.265 e. The molecule has 1 saturated heterocycles. The SMILES string of the molecule is O=C(c1cnc(-c2ccccc2Cl)s1)N1CCCSCC1. The third kappa shape index (κ3) is 3.42. The molecule has 3 rings (SSSR count). The van der Waals surface area contributed by atoms with Gasteiger partial charge in [-0.1, -0.05) is 29.8 Å². The first-order valence-corrected chi connectivity index (χ1v) is 9.18. The molecule has 3 nitrogen and oxygen atoms in total. The van der Waals surface area contributed by atoms with Crippen molar-refractivity contribution >= 4 is 40.6 Å². The average molecular weight is 339 g/mol. The van der Waals surface area contributed by atoms with E-state index in [0.717, 1.165) is 41.6 Å². The number of thioether (sulfide) groups is 1. The van der Waals surface area contributed by atoms with E-state index in [-0.39, 0.29) is 5.91 Å². The number of carbonyl (C=O) groups is 1. The molecule has 0 spiro atoms. The number of amides is 1. The first-order chi connectivity index (χ1) is 10.3. The summed E-state index contributed by atoms with van der Waals surface area (Å²) in [5, 5.41) is 1.46. The maximum absolute atomic E-state index is 12.5. The summed E-state index contributed by atoms with van der Waals surface area (Å²) in [6, 6.07) is 7.58. The van der Waals surface area contributed by atoms with Gasteiger partial charge in [-0.25, -0.2) is 4.98 Å². The predicted octanol–water partition coefficient (Wildman–Crippen LogP) is 4.04. The molecule has 0 N–H and O–H groups in total. The van der Waals surface area contributed by atoms with Crippen molar-refractivity contribution in [2.75, 3.05) is 24.6 Å². The van der Waals surface area contributed by atoms with Crippen LogP contribution < -0.4 is 0 Å². The lowest BCUT2D eigenvalue weighted by Gasteiger charge is -2.18. The molecule has 1 aliphatic rings. The maximum atomic E-state index is 12.5. The summed E-state index contributed by atoms with van der Waals surface area (Å²) in [7, 11) is 0. The number of hydrogen-bond donors (Lipinski definition) is 0. The van der Waals surface area contributed by atoms with E-state index in [1.54, 1.807) is 6.20 Å². The van der Waals surface area contributed by atoms with Gasteiger partial charge in [-0.3, -0.25) is 4.79 Å². The normalized spacial score (nSPS) is 15.8. The number of carbonyl (C=O) groups excluding carboxylic acids is 1. The topological polar surface area (TPSA) is 33.2 Å². The fraction of sp³-hybridized carbons (Fsp3) is 0.333. The zero-order valence-corrected chi connectivity index (χ0v) is 13.8. The molecule has 0 unspecified atom stereocenters. The van der Waals surface area contributed by atoms with Crippen molar-refractivity contribution in [3.05, 3.63) is 40.4 Å². The van der Waals surface area contributed by atoms with Crippen LogP contribution >= 0.6 is 34.7 Å². The lowest BCUT2D eigenvalue weighted by Crippen LogP contribution is -2.32. The van der Waals surface area contributed by atoms with E-state index in [2.05, 4.69) is 4.98 Å². The van der Waals surface area contributed by atoms with Gasteiger partial charge in [0.25, 0.3) is 5.91 Å². The van der Waals surface area contributed by atoms with Crippen LogP contribution in [0.3, 0.4) is 0 Å². The van der Waals surface area contributed by atoms with Gasteiger partial charge in [0.2, 0.25) is 0 Å². The monoisotopic (exact) mass is 338 g/mol. The Kier molecular flexibility index (Phi) is 4.83. The summed E-state index contributed by atoms with van der Waals surface area (Å²) in [5.74, 6) is 2.24. The van der Waals surface area contributed by atoms with Crippen LogP contribution in [0.4, 0.5) is 0 Å².